The number of hydrogen-bond acceptors (Lipinski definition) is 1. The molecule has 0 bridgehead atoms. The lowest BCUT2D eigenvalue weighted by Gasteiger charge is -2.21. The van der Waals surface area contributed by atoms with Crippen LogP contribution in [-0.2, 0) is 11.3 Å². The minimum atomic E-state index is 0.217. The summed E-state index contributed by atoms with van der Waals surface area (Å²) in [6, 6.07) is 10.3. The fourth-order valence-corrected chi connectivity index (χ4v) is 1.22. The number of halogens is 1. The van der Waals surface area contributed by atoms with Crippen LogP contribution in [0.3, 0.4) is 0 Å². The molecule has 0 aromatic heterocycles. The van der Waals surface area contributed by atoms with E-state index in [1.807, 2.05) is 18.2 Å². The summed E-state index contributed by atoms with van der Waals surface area (Å²) in [4.78, 5) is 0. The molecule has 0 N–H and O–H groups in total. The third-order valence-electron chi connectivity index (χ3n) is 1.97. The number of rotatable bonds is 5. The standard InChI is InChI=1S/C12H17BrO/c1-12(2,9-13)10-14-8-11-6-4-3-5-7-11/h3-7H,8-10H2,1-2H3. The van der Waals surface area contributed by atoms with Crippen molar-refractivity contribution in [1.82, 2.24) is 0 Å². The van der Waals surface area contributed by atoms with Gasteiger partial charge in [-0.25, -0.2) is 0 Å². The molecule has 0 amide bonds. The summed E-state index contributed by atoms with van der Waals surface area (Å²) in [5.74, 6) is 0. The van der Waals surface area contributed by atoms with Gasteiger partial charge in [-0.05, 0) is 11.0 Å². The van der Waals surface area contributed by atoms with Crippen LogP contribution in [-0.4, -0.2) is 11.9 Å². The van der Waals surface area contributed by atoms with Crippen LogP contribution in [0.2, 0.25) is 0 Å². The van der Waals surface area contributed by atoms with Crippen LogP contribution in [0, 0.1) is 5.41 Å². The third kappa shape index (κ3) is 4.25. The molecule has 2 heteroatoms. The Labute approximate surface area is 94.6 Å². The van der Waals surface area contributed by atoms with Crippen molar-refractivity contribution in [3.8, 4) is 0 Å². The summed E-state index contributed by atoms with van der Waals surface area (Å²) >= 11 is 3.48. The van der Waals surface area contributed by atoms with E-state index in [4.69, 9.17) is 4.74 Å². The largest absolute Gasteiger partial charge is 0.376 e. The van der Waals surface area contributed by atoms with Gasteiger partial charge in [-0.1, -0.05) is 60.1 Å². The Hall–Kier alpha value is -0.340. The molecular weight excluding hydrogens is 240 g/mol. The maximum absolute atomic E-state index is 5.65. The van der Waals surface area contributed by atoms with Gasteiger partial charge in [0.2, 0.25) is 0 Å². The summed E-state index contributed by atoms with van der Waals surface area (Å²) in [6.07, 6.45) is 0. The molecule has 0 saturated heterocycles. The Morgan fingerprint density at radius 2 is 1.86 bits per heavy atom. The SMILES string of the molecule is CC(C)(CBr)COCc1ccccc1. The summed E-state index contributed by atoms with van der Waals surface area (Å²) in [5, 5.41) is 0.967. The van der Waals surface area contributed by atoms with Gasteiger partial charge >= 0.3 is 0 Å². The second kappa shape index (κ2) is 5.52. The zero-order valence-electron chi connectivity index (χ0n) is 8.79. The Bertz CT molecular complexity index is 256. The van der Waals surface area contributed by atoms with Gasteiger partial charge in [0, 0.05) is 5.33 Å². The fraction of sp³-hybridized carbons (Fsp3) is 0.500. The molecule has 0 saturated carbocycles. The maximum Gasteiger partial charge on any atom is 0.0717 e. The van der Waals surface area contributed by atoms with E-state index in [1.54, 1.807) is 0 Å². The first-order valence-corrected chi connectivity index (χ1v) is 5.94. The molecule has 0 atom stereocenters. The van der Waals surface area contributed by atoms with Crippen LogP contribution in [0.1, 0.15) is 19.4 Å². The monoisotopic (exact) mass is 256 g/mol. The molecule has 0 spiro atoms. The highest BCUT2D eigenvalue weighted by molar-refractivity contribution is 9.09. The highest BCUT2D eigenvalue weighted by Crippen LogP contribution is 2.18. The zero-order chi connectivity index (χ0) is 10.4. The topological polar surface area (TPSA) is 9.23 Å². The van der Waals surface area contributed by atoms with Gasteiger partial charge in [-0.15, -0.1) is 0 Å². The molecule has 1 rings (SSSR count). The van der Waals surface area contributed by atoms with Gasteiger partial charge in [0.05, 0.1) is 13.2 Å². The molecule has 1 aromatic carbocycles. The van der Waals surface area contributed by atoms with Crippen LogP contribution in [0.4, 0.5) is 0 Å². The first kappa shape index (κ1) is 11.7. The number of ether oxygens (including phenoxy) is 1. The third-order valence-corrected chi connectivity index (χ3v) is 3.48. The molecular formula is C12H17BrO. The first-order chi connectivity index (χ1) is 6.64. The van der Waals surface area contributed by atoms with E-state index in [2.05, 4.69) is 41.9 Å². The number of alkyl halides is 1. The van der Waals surface area contributed by atoms with Crippen LogP contribution < -0.4 is 0 Å². The van der Waals surface area contributed by atoms with Crippen molar-refractivity contribution in [2.24, 2.45) is 5.41 Å². The molecule has 14 heavy (non-hydrogen) atoms. The first-order valence-electron chi connectivity index (χ1n) is 4.82. The van der Waals surface area contributed by atoms with Gasteiger partial charge in [-0.3, -0.25) is 0 Å². The summed E-state index contributed by atoms with van der Waals surface area (Å²) in [6.45, 7) is 5.86. The number of hydrogen-bond donors (Lipinski definition) is 0. The van der Waals surface area contributed by atoms with E-state index >= 15 is 0 Å². The quantitative estimate of drug-likeness (QED) is 0.732. The zero-order valence-corrected chi connectivity index (χ0v) is 10.4. The van der Waals surface area contributed by atoms with Crippen molar-refractivity contribution in [2.45, 2.75) is 20.5 Å². The molecule has 0 aliphatic carbocycles. The van der Waals surface area contributed by atoms with Gasteiger partial charge in [0.15, 0.2) is 0 Å². The average molecular weight is 257 g/mol. The lowest BCUT2D eigenvalue weighted by Crippen LogP contribution is -2.20. The Morgan fingerprint density at radius 1 is 1.21 bits per heavy atom. The van der Waals surface area contributed by atoms with Gasteiger partial charge in [0.25, 0.3) is 0 Å². The molecule has 0 radical (unpaired) electrons. The summed E-state index contributed by atoms with van der Waals surface area (Å²) < 4.78 is 5.65. The predicted molar refractivity (Wildman–Crippen MR) is 63.7 cm³/mol. The molecule has 0 aliphatic heterocycles. The highest BCUT2D eigenvalue weighted by atomic mass is 79.9. The Morgan fingerprint density at radius 3 is 2.43 bits per heavy atom. The molecule has 78 valence electrons. The van der Waals surface area contributed by atoms with Crippen LogP contribution in [0.25, 0.3) is 0 Å². The van der Waals surface area contributed by atoms with Crippen LogP contribution in [0.15, 0.2) is 30.3 Å². The lowest BCUT2D eigenvalue weighted by molar-refractivity contribution is 0.0625. The molecule has 0 unspecified atom stereocenters. The smallest absolute Gasteiger partial charge is 0.0717 e. The minimum absolute atomic E-state index is 0.217. The van der Waals surface area contributed by atoms with E-state index in [0.29, 0.717) is 6.61 Å². The van der Waals surface area contributed by atoms with E-state index in [-0.39, 0.29) is 5.41 Å². The molecule has 0 heterocycles. The molecule has 0 aliphatic rings. The Balaban J connectivity index is 2.29. The van der Waals surface area contributed by atoms with E-state index in [1.165, 1.54) is 5.56 Å². The van der Waals surface area contributed by atoms with Crippen molar-refractivity contribution >= 4 is 15.9 Å². The second-order valence-corrected chi connectivity index (χ2v) is 4.84. The van der Waals surface area contributed by atoms with E-state index < -0.39 is 0 Å². The average Bonchev–Trinajstić information content (AvgIpc) is 2.19. The minimum Gasteiger partial charge on any atom is -0.376 e. The molecule has 1 aromatic rings. The summed E-state index contributed by atoms with van der Waals surface area (Å²) in [5.41, 5.74) is 1.45. The van der Waals surface area contributed by atoms with Crippen molar-refractivity contribution in [1.29, 1.82) is 0 Å². The Kier molecular flexibility index (Phi) is 4.63. The van der Waals surface area contributed by atoms with Crippen molar-refractivity contribution in [2.75, 3.05) is 11.9 Å². The second-order valence-electron chi connectivity index (χ2n) is 4.28. The fourth-order valence-electron chi connectivity index (χ4n) is 1.06. The predicted octanol–water partition coefficient (Wildman–Crippen LogP) is 3.62. The van der Waals surface area contributed by atoms with Gasteiger partial charge < -0.3 is 4.74 Å². The van der Waals surface area contributed by atoms with Crippen molar-refractivity contribution in [3.63, 3.8) is 0 Å². The molecule has 0 fully saturated rings. The summed E-state index contributed by atoms with van der Waals surface area (Å²) in [7, 11) is 0. The normalized spacial score (nSPS) is 11.6. The van der Waals surface area contributed by atoms with E-state index in [9.17, 15) is 0 Å². The van der Waals surface area contributed by atoms with Crippen molar-refractivity contribution in [3.05, 3.63) is 35.9 Å². The van der Waals surface area contributed by atoms with Crippen molar-refractivity contribution < 1.29 is 4.74 Å². The lowest BCUT2D eigenvalue weighted by atomic mass is 9.98. The van der Waals surface area contributed by atoms with Crippen LogP contribution in [0.5, 0.6) is 0 Å². The van der Waals surface area contributed by atoms with E-state index in [0.717, 1.165) is 11.9 Å². The van der Waals surface area contributed by atoms with Crippen LogP contribution >= 0.6 is 15.9 Å². The van der Waals surface area contributed by atoms with Gasteiger partial charge in [-0.2, -0.15) is 0 Å². The highest BCUT2D eigenvalue weighted by Gasteiger charge is 2.15. The van der Waals surface area contributed by atoms with Gasteiger partial charge in [0.1, 0.15) is 0 Å². The number of benzene rings is 1. The molecule has 1 nitrogen and oxygen atoms in total. The maximum atomic E-state index is 5.65.